The van der Waals surface area contributed by atoms with Crippen molar-refractivity contribution in [3.8, 4) is 34.2 Å². The standard InChI is InChI=1S/C39H45FN4O5/c1-24-10-7-8-19-47-39(6)15-17-43(18-16-39)36-33(34(37(45)46)49-38(3,4)5)25(2)30(22-41)35-42-31(23-44(35)36)27-12-9-11-26(20-27)29-21-28(40)13-14-32(29)48-24/h9,11-14,20-21,23-24,34H,7-8,10,15-19H2,1-6H3,(H,45,46). The minimum Gasteiger partial charge on any atom is -0.490 e. The Morgan fingerprint density at radius 3 is 2.59 bits per heavy atom. The zero-order chi connectivity index (χ0) is 35.1. The molecule has 9 nitrogen and oxygen atoms in total. The van der Waals surface area contributed by atoms with Crippen molar-refractivity contribution in [2.24, 2.45) is 0 Å². The van der Waals surface area contributed by atoms with E-state index in [2.05, 4.69) is 17.9 Å². The number of ether oxygens (including phenoxy) is 3. The highest BCUT2D eigenvalue weighted by Crippen LogP contribution is 2.42. The van der Waals surface area contributed by atoms with Crippen LogP contribution in [0.2, 0.25) is 0 Å². The number of rotatable bonds is 3. The lowest BCUT2D eigenvalue weighted by Crippen LogP contribution is -2.45. The van der Waals surface area contributed by atoms with E-state index < -0.39 is 17.7 Å². The van der Waals surface area contributed by atoms with Crippen molar-refractivity contribution in [1.82, 2.24) is 9.38 Å². The van der Waals surface area contributed by atoms with Crippen molar-refractivity contribution >= 4 is 17.4 Å². The van der Waals surface area contributed by atoms with Crippen LogP contribution in [0.5, 0.6) is 5.75 Å². The van der Waals surface area contributed by atoms with Gasteiger partial charge in [-0.15, -0.1) is 0 Å². The number of carboxylic acid groups (broad SMARTS) is 1. The molecule has 2 unspecified atom stereocenters. The number of anilines is 1. The van der Waals surface area contributed by atoms with Gasteiger partial charge < -0.3 is 24.2 Å². The molecular weight excluding hydrogens is 623 g/mol. The first-order valence-corrected chi connectivity index (χ1v) is 17.1. The molecule has 1 fully saturated rings. The molecule has 4 aromatic rings. The molecule has 49 heavy (non-hydrogen) atoms. The fourth-order valence-electron chi connectivity index (χ4n) is 6.95. The third-order valence-corrected chi connectivity index (χ3v) is 9.56. The van der Waals surface area contributed by atoms with E-state index in [1.54, 1.807) is 13.0 Å². The highest BCUT2D eigenvalue weighted by molar-refractivity contribution is 5.82. The average Bonchev–Trinajstić information content (AvgIpc) is 3.48. The van der Waals surface area contributed by atoms with E-state index in [4.69, 9.17) is 19.2 Å². The molecule has 6 bridgehead atoms. The van der Waals surface area contributed by atoms with Gasteiger partial charge in [-0.2, -0.15) is 5.26 Å². The van der Waals surface area contributed by atoms with E-state index in [-0.39, 0.29) is 23.1 Å². The Kier molecular flexibility index (Phi) is 9.44. The van der Waals surface area contributed by atoms with Crippen LogP contribution in [-0.4, -0.2) is 57.5 Å². The predicted molar refractivity (Wildman–Crippen MR) is 186 cm³/mol. The quantitative estimate of drug-likeness (QED) is 0.233. The van der Waals surface area contributed by atoms with E-state index in [9.17, 15) is 19.6 Å². The molecule has 2 aromatic carbocycles. The van der Waals surface area contributed by atoms with Crippen LogP contribution in [0.15, 0.2) is 48.7 Å². The Balaban J connectivity index is 1.59. The number of carbonyl (C=O) groups is 1. The third kappa shape index (κ3) is 7.15. The number of hydrogen-bond acceptors (Lipinski definition) is 7. The van der Waals surface area contributed by atoms with Crippen molar-refractivity contribution in [3.63, 3.8) is 0 Å². The topological polar surface area (TPSA) is 109 Å². The van der Waals surface area contributed by atoms with Gasteiger partial charge in [-0.25, -0.2) is 14.2 Å². The summed E-state index contributed by atoms with van der Waals surface area (Å²) in [6, 6.07) is 14.6. The molecule has 0 amide bonds. The second-order valence-electron chi connectivity index (χ2n) is 14.5. The maximum atomic E-state index is 14.7. The van der Waals surface area contributed by atoms with Gasteiger partial charge >= 0.3 is 5.97 Å². The van der Waals surface area contributed by atoms with Gasteiger partial charge in [0.2, 0.25) is 0 Å². The van der Waals surface area contributed by atoms with Crippen molar-refractivity contribution in [1.29, 1.82) is 5.26 Å². The van der Waals surface area contributed by atoms with Crippen LogP contribution in [-0.2, 0) is 14.3 Å². The first-order chi connectivity index (χ1) is 23.3. The Morgan fingerprint density at radius 1 is 1.16 bits per heavy atom. The lowest BCUT2D eigenvalue weighted by Gasteiger charge is -2.42. The molecule has 3 aliphatic rings. The largest absolute Gasteiger partial charge is 0.490 e. The van der Waals surface area contributed by atoms with Gasteiger partial charge in [0.05, 0.1) is 28.6 Å². The lowest BCUT2D eigenvalue weighted by molar-refractivity contribution is -0.160. The van der Waals surface area contributed by atoms with Gasteiger partial charge in [0, 0.05) is 42.6 Å². The summed E-state index contributed by atoms with van der Waals surface area (Å²) in [6.07, 6.45) is 4.56. The molecular formula is C39H45FN4O5. The number of carboxylic acids is 1. The van der Waals surface area contributed by atoms with Crippen LogP contribution < -0.4 is 9.64 Å². The Labute approximate surface area is 287 Å². The highest BCUT2D eigenvalue weighted by Gasteiger charge is 2.38. The summed E-state index contributed by atoms with van der Waals surface area (Å²) in [5.74, 6) is -0.264. The predicted octanol–water partition coefficient (Wildman–Crippen LogP) is 8.26. The number of hydrogen-bond donors (Lipinski definition) is 1. The molecule has 3 aliphatic heterocycles. The minimum atomic E-state index is -1.33. The third-order valence-electron chi connectivity index (χ3n) is 9.56. The maximum absolute atomic E-state index is 14.7. The number of aliphatic carboxylic acids is 1. The number of aromatic nitrogens is 2. The SMILES string of the molecule is Cc1c(C(OC(C)(C)C)C(=O)O)c2n3cc(nc3c1C#N)-c1cccc(c1)-c1cc(F)ccc1OC(C)CCCCOC1(C)CCN2CC1. The Morgan fingerprint density at radius 2 is 1.90 bits per heavy atom. The summed E-state index contributed by atoms with van der Waals surface area (Å²) in [5.41, 5.74) is 3.29. The van der Waals surface area contributed by atoms with E-state index in [0.717, 1.165) is 43.2 Å². The number of imidazole rings is 1. The van der Waals surface area contributed by atoms with Gasteiger partial charge in [-0.3, -0.25) is 4.40 Å². The maximum Gasteiger partial charge on any atom is 0.337 e. The van der Waals surface area contributed by atoms with Gasteiger partial charge in [-0.1, -0.05) is 18.2 Å². The molecule has 5 heterocycles. The van der Waals surface area contributed by atoms with Crippen LogP contribution in [0.4, 0.5) is 10.2 Å². The molecule has 2 atom stereocenters. The van der Waals surface area contributed by atoms with Crippen molar-refractivity contribution < 1.29 is 28.5 Å². The summed E-state index contributed by atoms with van der Waals surface area (Å²) in [4.78, 5) is 20.1. The molecule has 10 heteroatoms. The van der Waals surface area contributed by atoms with E-state index >= 15 is 0 Å². The first-order valence-electron chi connectivity index (χ1n) is 17.1. The number of pyridine rings is 1. The first kappa shape index (κ1) is 34.4. The number of nitrogens with zero attached hydrogens (tertiary/aromatic N) is 4. The smallest absolute Gasteiger partial charge is 0.337 e. The Hall–Kier alpha value is -4.46. The lowest BCUT2D eigenvalue weighted by atomic mass is 9.91. The molecule has 1 N–H and O–H groups in total. The van der Waals surface area contributed by atoms with Gasteiger partial charge in [0.25, 0.3) is 0 Å². The normalized spacial score (nSPS) is 20.8. The molecule has 0 radical (unpaired) electrons. The van der Waals surface area contributed by atoms with Crippen LogP contribution in [0, 0.1) is 24.1 Å². The van der Waals surface area contributed by atoms with Crippen molar-refractivity contribution in [2.75, 3.05) is 24.6 Å². The number of piperidine rings is 1. The molecule has 258 valence electrons. The van der Waals surface area contributed by atoms with Crippen LogP contribution in [0.3, 0.4) is 0 Å². The molecule has 1 saturated heterocycles. The molecule has 0 aliphatic carbocycles. The van der Waals surface area contributed by atoms with Crippen LogP contribution in [0.25, 0.3) is 28.0 Å². The zero-order valence-electron chi connectivity index (χ0n) is 29.2. The number of halogens is 1. The molecule has 2 aromatic heterocycles. The number of nitriles is 1. The average molecular weight is 669 g/mol. The fourth-order valence-corrected chi connectivity index (χ4v) is 6.95. The minimum absolute atomic E-state index is 0.0765. The second-order valence-corrected chi connectivity index (χ2v) is 14.5. The molecule has 0 saturated carbocycles. The summed E-state index contributed by atoms with van der Waals surface area (Å²) >= 11 is 0. The molecule has 0 spiro atoms. The zero-order valence-corrected chi connectivity index (χ0v) is 29.2. The van der Waals surface area contributed by atoms with Crippen molar-refractivity contribution in [3.05, 3.63) is 71.2 Å². The second kappa shape index (κ2) is 13.4. The van der Waals surface area contributed by atoms with E-state index in [0.29, 0.717) is 59.3 Å². The monoisotopic (exact) mass is 668 g/mol. The number of fused-ring (bicyclic) bond motifs is 8. The molecule has 7 rings (SSSR count). The summed E-state index contributed by atoms with van der Waals surface area (Å²) in [7, 11) is 0. The number of benzene rings is 2. The van der Waals surface area contributed by atoms with E-state index in [1.807, 2.05) is 62.6 Å². The van der Waals surface area contributed by atoms with E-state index in [1.165, 1.54) is 12.1 Å². The summed E-state index contributed by atoms with van der Waals surface area (Å²) < 4.78 is 35.6. The summed E-state index contributed by atoms with van der Waals surface area (Å²) in [6.45, 7) is 13.3. The van der Waals surface area contributed by atoms with Crippen LogP contribution >= 0.6 is 0 Å². The van der Waals surface area contributed by atoms with Crippen LogP contribution in [0.1, 0.15) is 89.5 Å². The van der Waals surface area contributed by atoms with Gasteiger partial charge in [0.1, 0.15) is 23.5 Å². The Bertz CT molecular complexity index is 1920. The van der Waals surface area contributed by atoms with Crippen molar-refractivity contribution in [2.45, 2.75) is 97.1 Å². The fraction of sp³-hybridized carbons (Fsp3) is 0.462. The van der Waals surface area contributed by atoms with Gasteiger partial charge in [0.15, 0.2) is 11.8 Å². The summed E-state index contributed by atoms with van der Waals surface area (Å²) in [5, 5.41) is 21.1. The highest BCUT2D eigenvalue weighted by atomic mass is 19.1. The van der Waals surface area contributed by atoms with Gasteiger partial charge in [-0.05, 0) is 109 Å².